The number of carbonyl (C=O) groups excluding carboxylic acids is 2. The maximum Gasteiger partial charge on any atom is 0.233 e. The molecule has 4 nitrogen and oxygen atoms in total. The van der Waals surface area contributed by atoms with Crippen LogP contribution < -0.4 is 4.90 Å². The molecule has 2 heterocycles. The van der Waals surface area contributed by atoms with E-state index in [1.807, 2.05) is 13.8 Å². The molecule has 2 N–H and O–H groups in total. The average molecular weight is 291 g/mol. The number of nitrogens with one attached hydrogen (secondary N) is 2. The Hall–Kier alpha value is -1.42. The van der Waals surface area contributed by atoms with Gasteiger partial charge in [0.05, 0.1) is 18.8 Å². The number of ketones is 2. The fourth-order valence-electron chi connectivity index (χ4n) is 3.94. The number of hydrogen-bond acceptors (Lipinski definition) is 2. The van der Waals surface area contributed by atoms with Gasteiger partial charge in [-0.15, -0.1) is 0 Å². The van der Waals surface area contributed by atoms with Gasteiger partial charge < -0.3 is 9.88 Å². The van der Waals surface area contributed by atoms with Gasteiger partial charge in [0.15, 0.2) is 5.78 Å². The van der Waals surface area contributed by atoms with Crippen molar-refractivity contribution in [2.45, 2.75) is 41.0 Å². The van der Waals surface area contributed by atoms with E-state index in [0.717, 1.165) is 24.3 Å². The summed E-state index contributed by atoms with van der Waals surface area (Å²) in [6, 6.07) is 0. The number of carbonyl (C=O) groups is 2. The Balaban J connectivity index is 2.14. The van der Waals surface area contributed by atoms with Crippen LogP contribution in [-0.4, -0.2) is 36.2 Å². The number of aryl methyl sites for hydroxylation is 1. The topological polar surface area (TPSA) is 54.4 Å². The van der Waals surface area contributed by atoms with Crippen LogP contribution in [-0.2, 0) is 0 Å². The molecule has 1 aromatic rings. The summed E-state index contributed by atoms with van der Waals surface area (Å²) in [6.07, 6.45) is 1.26. The Labute approximate surface area is 126 Å². The molecule has 1 aliphatic rings. The number of likely N-dealkylation sites (tertiary alicyclic amines) is 1. The van der Waals surface area contributed by atoms with E-state index in [1.54, 1.807) is 6.92 Å². The first-order valence-electron chi connectivity index (χ1n) is 7.86. The Morgan fingerprint density at radius 1 is 1.19 bits per heavy atom. The van der Waals surface area contributed by atoms with E-state index >= 15 is 0 Å². The molecule has 1 unspecified atom stereocenters. The van der Waals surface area contributed by atoms with Crippen molar-refractivity contribution in [3.8, 4) is 0 Å². The predicted molar refractivity (Wildman–Crippen MR) is 83.1 cm³/mol. The Bertz CT molecular complexity index is 549. The van der Waals surface area contributed by atoms with Crippen molar-refractivity contribution in [2.75, 3.05) is 19.6 Å². The van der Waals surface area contributed by atoms with Gasteiger partial charge in [-0.25, -0.2) is 0 Å². The van der Waals surface area contributed by atoms with E-state index in [-0.39, 0.29) is 11.6 Å². The minimum Gasteiger partial charge on any atom is -0.355 e. The summed E-state index contributed by atoms with van der Waals surface area (Å²) in [5.74, 6) is 1.50. The highest BCUT2D eigenvalue weighted by Crippen LogP contribution is 2.19. The zero-order valence-corrected chi connectivity index (χ0v) is 13.8. The van der Waals surface area contributed by atoms with E-state index in [9.17, 15) is 9.59 Å². The van der Waals surface area contributed by atoms with E-state index < -0.39 is 0 Å². The number of aromatic nitrogens is 1. The number of piperidine rings is 1. The Morgan fingerprint density at radius 2 is 1.76 bits per heavy atom. The minimum atomic E-state index is 0.0212. The molecule has 0 bridgehead atoms. The molecule has 21 heavy (non-hydrogen) atoms. The standard InChI is InChI=1S/C17H26N2O2/c1-10-6-11(2)8-19(7-10)9-15(21)17-12(3)16(14(5)20)13(4)18-17/h10-11,18H,6-9H2,1-5H3/p+1/t10-,11+. The lowest BCUT2D eigenvalue weighted by Crippen LogP contribution is -3.15. The molecule has 1 saturated heterocycles. The highest BCUT2D eigenvalue weighted by Gasteiger charge is 2.28. The summed E-state index contributed by atoms with van der Waals surface area (Å²) in [7, 11) is 0. The van der Waals surface area contributed by atoms with E-state index in [2.05, 4.69) is 18.8 Å². The van der Waals surface area contributed by atoms with Crippen LogP contribution in [0.15, 0.2) is 0 Å². The molecule has 3 atom stereocenters. The zero-order valence-electron chi connectivity index (χ0n) is 13.8. The smallest absolute Gasteiger partial charge is 0.233 e. The van der Waals surface area contributed by atoms with Gasteiger partial charge in [-0.3, -0.25) is 9.59 Å². The van der Waals surface area contributed by atoms with Crippen LogP contribution in [0.2, 0.25) is 0 Å². The lowest BCUT2D eigenvalue weighted by molar-refractivity contribution is -0.903. The molecule has 0 amide bonds. The molecule has 1 fully saturated rings. The maximum absolute atomic E-state index is 12.6. The predicted octanol–water partition coefficient (Wildman–Crippen LogP) is 1.58. The number of quaternary nitrogens is 1. The van der Waals surface area contributed by atoms with Gasteiger partial charge in [-0.2, -0.15) is 0 Å². The number of Topliss-reactive ketones (excluding diaryl/α,β-unsaturated/α-hetero) is 2. The second-order valence-corrected chi connectivity index (χ2v) is 6.89. The molecule has 0 radical (unpaired) electrons. The fraction of sp³-hybridized carbons (Fsp3) is 0.647. The number of rotatable bonds is 4. The molecule has 0 aromatic carbocycles. The molecular weight excluding hydrogens is 264 g/mol. The van der Waals surface area contributed by atoms with Gasteiger partial charge in [0.1, 0.15) is 6.54 Å². The first kappa shape index (κ1) is 16.0. The number of hydrogen-bond donors (Lipinski definition) is 2. The molecule has 1 aromatic heterocycles. The molecule has 116 valence electrons. The fourth-order valence-corrected chi connectivity index (χ4v) is 3.94. The van der Waals surface area contributed by atoms with Crippen LogP contribution in [0.5, 0.6) is 0 Å². The van der Waals surface area contributed by atoms with Crippen molar-refractivity contribution in [1.29, 1.82) is 0 Å². The highest BCUT2D eigenvalue weighted by molar-refractivity contribution is 6.03. The Kier molecular flexibility index (Phi) is 4.67. The minimum absolute atomic E-state index is 0.0212. The van der Waals surface area contributed by atoms with Gasteiger partial charge in [0.2, 0.25) is 5.78 Å². The van der Waals surface area contributed by atoms with Gasteiger partial charge >= 0.3 is 0 Å². The van der Waals surface area contributed by atoms with Crippen molar-refractivity contribution < 1.29 is 14.5 Å². The van der Waals surface area contributed by atoms with Crippen LogP contribution in [0.25, 0.3) is 0 Å². The highest BCUT2D eigenvalue weighted by atomic mass is 16.1. The SMILES string of the molecule is CC(=O)c1c(C)[nH]c(C(=O)C[NH+]2C[C@H](C)C[C@H](C)C2)c1C. The molecule has 0 saturated carbocycles. The van der Waals surface area contributed by atoms with Gasteiger partial charge in [-0.1, -0.05) is 13.8 Å². The zero-order chi connectivity index (χ0) is 15.7. The quantitative estimate of drug-likeness (QED) is 0.828. The van der Waals surface area contributed by atoms with Crippen LogP contribution in [0.1, 0.15) is 59.3 Å². The molecule has 1 aliphatic heterocycles. The Morgan fingerprint density at radius 3 is 2.24 bits per heavy atom. The summed E-state index contributed by atoms with van der Waals surface area (Å²) >= 11 is 0. The molecule has 4 heteroatoms. The third-order valence-electron chi connectivity index (χ3n) is 4.56. The van der Waals surface area contributed by atoms with Crippen molar-refractivity contribution in [1.82, 2.24) is 4.98 Å². The molecule has 0 aliphatic carbocycles. The van der Waals surface area contributed by atoms with Crippen molar-refractivity contribution in [3.05, 3.63) is 22.5 Å². The van der Waals surface area contributed by atoms with Crippen LogP contribution >= 0.6 is 0 Å². The van der Waals surface area contributed by atoms with Gasteiger partial charge in [0.25, 0.3) is 0 Å². The van der Waals surface area contributed by atoms with Crippen LogP contribution in [0, 0.1) is 25.7 Å². The second kappa shape index (κ2) is 6.14. The number of H-pyrrole nitrogens is 1. The maximum atomic E-state index is 12.6. The summed E-state index contributed by atoms with van der Waals surface area (Å²) in [5, 5.41) is 0. The lowest BCUT2D eigenvalue weighted by atomic mass is 9.91. The van der Waals surface area contributed by atoms with Crippen molar-refractivity contribution in [2.24, 2.45) is 11.8 Å². The summed E-state index contributed by atoms with van der Waals surface area (Å²) in [4.78, 5) is 28.7. The molecule has 0 spiro atoms. The first-order valence-corrected chi connectivity index (χ1v) is 7.86. The lowest BCUT2D eigenvalue weighted by Gasteiger charge is -2.31. The van der Waals surface area contributed by atoms with Gasteiger partial charge in [0, 0.05) is 23.1 Å². The molecular formula is C17H27N2O2+. The third kappa shape index (κ3) is 3.43. The third-order valence-corrected chi connectivity index (χ3v) is 4.56. The van der Waals surface area contributed by atoms with Crippen molar-refractivity contribution in [3.63, 3.8) is 0 Å². The number of aromatic amines is 1. The van der Waals surface area contributed by atoms with E-state index in [0.29, 0.717) is 29.6 Å². The van der Waals surface area contributed by atoms with Gasteiger partial charge in [-0.05, 0) is 32.8 Å². The summed E-state index contributed by atoms with van der Waals surface area (Å²) in [5.41, 5.74) is 2.91. The normalized spacial score (nSPS) is 25.9. The average Bonchev–Trinajstić information content (AvgIpc) is 2.63. The van der Waals surface area contributed by atoms with Crippen LogP contribution in [0.4, 0.5) is 0 Å². The van der Waals surface area contributed by atoms with E-state index in [4.69, 9.17) is 0 Å². The first-order chi connectivity index (χ1) is 9.79. The van der Waals surface area contributed by atoms with Crippen molar-refractivity contribution >= 4 is 11.6 Å². The molecule has 2 rings (SSSR count). The monoisotopic (exact) mass is 291 g/mol. The van der Waals surface area contributed by atoms with E-state index in [1.165, 1.54) is 11.3 Å². The summed E-state index contributed by atoms with van der Waals surface area (Å²) < 4.78 is 0. The summed E-state index contributed by atoms with van der Waals surface area (Å²) in [6.45, 7) is 12.4. The largest absolute Gasteiger partial charge is 0.355 e. The second-order valence-electron chi connectivity index (χ2n) is 6.89. The van der Waals surface area contributed by atoms with Crippen LogP contribution in [0.3, 0.4) is 0 Å².